The van der Waals surface area contributed by atoms with Gasteiger partial charge in [-0.25, -0.2) is 4.79 Å². The molecule has 1 heterocycles. The second-order valence-corrected chi connectivity index (χ2v) is 4.77. The highest BCUT2D eigenvalue weighted by Gasteiger charge is 2.20. The number of rotatable bonds is 2. The van der Waals surface area contributed by atoms with Crippen molar-refractivity contribution in [1.82, 2.24) is 10.1 Å². The van der Waals surface area contributed by atoms with E-state index in [1.807, 2.05) is 27.7 Å². The van der Waals surface area contributed by atoms with Crippen LogP contribution in [-0.4, -0.2) is 28.8 Å². The van der Waals surface area contributed by atoms with E-state index in [4.69, 9.17) is 9.26 Å². The van der Waals surface area contributed by atoms with Crippen LogP contribution in [0.15, 0.2) is 10.6 Å². The fraction of sp³-hybridized carbons (Fsp3) is 0.636. The second kappa shape index (κ2) is 4.55. The number of aromatic nitrogens is 1. The maximum atomic E-state index is 11.6. The van der Waals surface area contributed by atoms with Crippen LogP contribution in [0.1, 0.15) is 32.2 Å². The summed E-state index contributed by atoms with van der Waals surface area (Å²) in [7, 11) is 1.66. The average molecular weight is 226 g/mol. The summed E-state index contributed by atoms with van der Waals surface area (Å²) in [5.74, 6) is 0.729. The molecule has 16 heavy (non-hydrogen) atoms. The van der Waals surface area contributed by atoms with Crippen LogP contribution >= 0.6 is 0 Å². The van der Waals surface area contributed by atoms with Gasteiger partial charge in [-0.3, -0.25) is 0 Å². The molecular weight excluding hydrogens is 208 g/mol. The second-order valence-electron chi connectivity index (χ2n) is 4.77. The number of carbonyl (C=O) groups excluding carboxylic acids is 1. The molecule has 5 nitrogen and oxygen atoms in total. The molecule has 1 aromatic heterocycles. The van der Waals surface area contributed by atoms with E-state index in [2.05, 4.69) is 5.16 Å². The van der Waals surface area contributed by atoms with Gasteiger partial charge < -0.3 is 14.2 Å². The third kappa shape index (κ3) is 3.92. The number of ether oxygens (including phenoxy) is 1. The molecular formula is C11H18N2O3. The molecule has 0 aliphatic rings. The Hall–Kier alpha value is -1.52. The van der Waals surface area contributed by atoms with E-state index in [1.165, 1.54) is 4.90 Å². The number of hydrogen-bond donors (Lipinski definition) is 0. The monoisotopic (exact) mass is 226 g/mol. The summed E-state index contributed by atoms with van der Waals surface area (Å²) in [6.45, 7) is 7.69. The average Bonchev–Trinajstić information content (AvgIpc) is 2.48. The van der Waals surface area contributed by atoms with Crippen molar-refractivity contribution in [3.8, 4) is 0 Å². The minimum absolute atomic E-state index is 0.367. The molecule has 0 N–H and O–H groups in total. The van der Waals surface area contributed by atoms with E-state index < -0.39 is 5.60 Å². The predicted molar refractivity (Wildman–Crippen MR) is 58.9 cm³/mol. The summed E-state index contributed by atoms with van der Waals surface area (Å²) in [6.07, 6.45) is -0.367. The molecule has 1 amide bonds. The van der Waals surface area contributed by atoms with Crippen LogP contribution in [-0.2, 0) is 11.3 Å². The largest absolute Gasteiger partial charge is 0.444 e. The quantitative estimate of drug-likeness (QED) is 0.776. The predicted octanol–water partition coefficient (Wildman–Crippen LogP) is 2.35. The zero-order valence-electron chi connectivity index (χ0n) is 10.4. The highest BCUT2D eigenvalue weighted by atomic mass is 16.6. The first-order valence-electron chi connectivity index (χ1n) is 5.14. The normalized spacial score (nSPS) is 11.3. The Balaban J connectivity index is 2.52. The van der Waals surface area contributed by atoms with Gasteiger partial charge in [0.2, 0.25) is 0 Å². The fourth-order valence-electron chi connectivity index (χ4n) is 1.14. The molecule has 0 saturated heterocycles. The molecule has 90 valence electrons. The van der Waals surface area contributed by atoms with Gasteiger partial charge in [0.1, 0.15) is 17.1 Å². The molecule has 0 radical (unpaired) electrons. The lowest BCUT2D eigenvalue weighted by Gasteiger charge is -2.24. The Morgan fingerprint density at radius 1 is 1.56 bits per heavy atom. The first kappa shape index (κ1) is 12.5. The van der Waals surface area contributed by atoms with Gasteiger partial charge in [-0.05, 0) is 27.7 Å². The highest BCUT2D eigenvalue weighted by molar-refractivity contribution is 5.67. The van der Waals surface area contributed by atoms with Crippen molar-refractivity contribution < 1.29 is 14.1 Å². The van der Waals surface area contributed by atoms with Crippen LogP contribution in [0.25, 0.3) is 0 Å². The van der Waals surface area contributed by atoms with E-state index in [1.54, 1.807) is 13.1 Å². The third-order valence-corrected chi connectivity index (χ3v) is 1.78. The van der Waals surface area contributed by atoms with Gasteiger partial charge in [0.25, 0.3) is 0 Å². The zero-order valence-corrected chi connectivity index (χ0v) is 10.4. The van der Waals surface area contributed by atoms with Crippen molar-refractivity contribution in [3.63, 3.8) is 0 Å². The first-order chi connectivity index (χ1) is 7.28. The topological polar surface area (TPSA) is 55.6 Å². The van der Waals surface area contributed by atoms with Gasteiger partial charge in [-0.2, -0.15) is 0 Å². The van der Waals surface area contributed by atoms with Crippen molar-refractivity contribution >= 4 is 6.09 Å². The minimum Gasteiger partial charge on any atom is -0.444 e. The highest BCUT2D eigenvalue weighted by Crippen LogP contribution is 2.11. The molecule has 0 atom stereocenters. The molecule has 1 rings (SSSR count). The van der Waals surface area contributed by atoms with E-state index in [0.29, 0.717) is 12.2 Å². The molecule has 5 heteroatoms. The number of hydrogen-bond acceptors (Lipinski definition) is 4. The van der Waals surface area contributed by atoms with E-state index in [9.17, 15) is 4.79 Å². The van der Waals surface area contributed by atoms with Crippen LogP contribution in [0.2, 0.25) is 0 Å². The fourth-order valence-corrected chi connectivity index (χ4v) is 1.14. The number of aryl methyl sites for hydroxylation is 1. The third-order valence-electron chi connectivity index (χ3n) is 1.78. The first-order valence-corrected chi connectivity index (χ1v) is 5.14. The summed E-state index contributed by atoms with van der Waals surface area (Å²) >= 11 is 0. The molecule has 0 unspecified atom stereocenters. The Morgan fingerprint density at radius 2 is 2.19 bits per heavy atom. The Morgan fingerprint density at radius 3 is 2.62 bits per heavy atom. The van der Waals surface area contributed by atoms with E-state index in [0.717, 1.165) is 5.76 Å². The zero-order chi connectivity index (χ0) is 12.3. The standard InChI is InChI=1S/C11H18N2O3/c1-8-6-9(12-16-8)7-13(5)10(14)15-11(2,3)4/h6H,7H2,1-5H3. The molecule has 0 aromatic carbocycles. The number of carbonyl (C=O) groups is 1. The molecule has 0 aliphatic heterocycles. The minimum atomic E-state index is -0.481. The van der Waals surface area contributed by atoms with Gasteiger partial charge in [-0.1, -0.05) is 5.16 Å². The number of nitrogens with zero attached hydrogens (tertiary/aromatic N) is 2. The van der Waals surface area contributed by atoms with Crippen LogP contribution in [0.4, 0.5) is 4.79 Å². The maximum Gasteiger partial charge on any atom is 0.410 e. The molecule has 0 saturated carbocycles. The smallest absolute Gasteiger partial charge is 0.410 e. The van der Waals surface area contributed by atoms with E-state index >= 15 is 0 Å². The molecule has 0 aliphatic carbocycles. The molecule has 0 spiro atoms. The van der Waals surface area contributed by atoms with E-state index in [-0.39, 0.29) is 6.09 Å². The van der Waals surface area contributed by atoms with Crippen molar-refractivity contribution in [2.24, 2.45) is 0 Å². The number of amides is 1. The van der Waals surface area contributed by atoms with Crippen LogP contribution in [0.3, 0.4) is 0 Å². The van der Waals surface area contributed by atoms with Crippen molar-refractivity contribution in [1.29, 1.82) is 0 Å². The molecule has 0 bridgehead atoms. The van der Waals surface area contributed by atoms with Crippen LogP contribution in [0, 0.1) is 6.92 Å². The summed E-state index contributed by atoms with van der Waals surface area (Å²) in [4.78, 5) is 13.1. The Labute approximate surface area is 95.4 Å². The van der Waals surface area contributed by atoms with Crippen LogP contribution < -0.4 is 0 Å². The van der Waals surface area contributed by atoms with Gasteiger partial charge in [-0.15, -0.1) is 0 Å². The van der Waals surface area contributed by atoms with Gasteiger partial charge in [0, 0.05) is 13.1 Å². The lowest BCUT2D eigenvalue weighted by molar-refractivity contribution is 0.0282. The summed E-state index contributed by atoms with van der Waals surface area (Å²) < 4.78 is 10.1. The summed E-state index contributed by atoms with van der Waals surface area (Å²) in [6, 6.07) is 1.79. The van der Waals surface area contributed by atoms with Crippen molar-refractivity contribution in [3.05, 3.63) is 17.5 Å². The Kier molecular flexibility index (Phi) is 3.57. The van der Waals surface area contributed by atoms with Crippen LogP contribution in [0.5, 0.6) is 0 Å². The Bertz CT molecular complexity index is 366. The molecule has 1 aromatic rings. The lowest BCUT2D eigenvalue weighted by atomic mass is 10.2. The van der Waals surface area contributed by atoms with Gasteiger partial charge in [0.15, 0.2) is 0 Å². The summed E-state index contributed by atoms with van der Waals surface area (Å²) in [5.41, 5.74) is 0.233. The van der Waals surface area contributed by atoms with Gasteiger partial charge >= 0.3 is 6.09 Å². The van der Waals surface area contributed by atoms with Crippen molar-refractivity contribution in [2.75, 3.05) is 7.05 Å². The maximum absolute atomic E-state index is 11.6. The van der Waals surface area contributed by atoms with Crippen molar-refractivity contribution in [2.45, 2.75) is 39.8 Å². The SMILES string of the molecule is Cc1cc(CN(C)C(=O)OC(C)(C)C)no1. The lowest BCUT2D eigenvalue weighted by Crippen LogP contribution is -2.33. The molecule has 0 fully saturated rings. The van der Waals surface area contributed by atoms with Gasteiger partial charge in [0.05, 0.1) is 6.54 Å². The summed E-state index contributed by atoms with van der Waals surface area (Å²) in [5, 5.41) is 3.81.